The predicted molar refractivity (Wildman–Crippen MR) is 133 cm³/mol. The van der Waals surface area contributed by atoms with Crippen LogP contribution >= 0.6 is 0 Å². The monoisotopic (exact) mass is 515 g/mol. The molecule has 1 saturated carbocycles. The molecule has 1 N–H and O–H groups in total. The Labute approximate surface area is 213 Å². The van der Waals surface area contributed by atoms with Crippen molar-refractivity contribution in [1.82, 2.24) is 15.1 Å². The van der Waals surface area contributed by atoms with Gasteiger partial charge in [0.2, 0.25) is 17.7 Å². The Bertz CT molecular complexity index is 1210. The first-order valence-electron chi connectivity index (χ1n) is 12.7. The lowest BCUT2D eigenvalue weighted by Gasteiger charge is -2.41. The average Bonchev–Trinajstić information content (AvgIpc) is 3.35. The van der Waals surface area contributed by atoms with E-state index in [2.05, 4.69) is 10.4 Å². The first-order chi connectivity index (χ1) is 17.6. The Morgan fingerprint density at radius 3 is 2.59 bits per heavy atom. The first-order valence-corrected chi connectivity index (χ1v) is 12.7. The van der Waals surface area contributed by atoms with Gasteiger partial charge in [0.05, 0.1) is 29.7 Å². The number of anilines is 2. The van der Waals surface area contributed by atoms with E-state index >= 15 is 0 Å². The van der Waals surface area contributed by atoms with Crippen molar-refractivity contribution in [2.75, 3.05) is 22.9 Å². The fraction of sp³-hybridized carbons (Fsp3) is 0.538. The zero-order valence-electron chi connectivity index (χ0n) is 21.0. The molecule has 0 bridgehead atoms. The van der Waals surface area contributed by atoms with Gasteiger partial charge in [-0.15, -0.1) is 0 Å². The van der Waals surface area contributed by atoms with Crippen LogP contribution in [0.4, 0.5) is 25.0 Å². The molecule has 3 amide bonds. The number of carbonyl (C=O) groups is 3. The summed E-state index contributed by atoms with van der Waals surface area (Å²) in [4.78, 5) is 40.7. The number of carbonyl (C=O) groups excluding carboxylic acids is 3. The minimum atomic E-state index is -2.71. The Balaban J connectivity index is 1.42. The summed E-state index contributed by atoms with van der Waals surface area (Å²) in [6.07, 6.45) is 3.22. The van der Waals surface area contributed by atoms with Crippen LogP contribution in [-0.4, -0.2) is 58.8 Å². The van der Waals surface area contributed by atoms with Gasteiger partial charge in [0, 0.05) is 51.0 Å². The highest BCUT2D eigenvalue weighted by Crippen LogP contribution is 2.40. The molecule has 1 aromatic carbocycles. The van der Waals surface area contributed by atoms with Gasteiger partial charge in [0.15, 0.2) is 0 Å². The van der Waals surface area contributed by atoms with Crippen LogP contribution in [0.15, 0.2) is 30.6 Å². The van der Waals surface area contributed by atoms with Crippen LogP contribution < -0.4 is 15.1 Å². The van der Waals surface area contributed by atoms with E-state index in [0.29, 0.717) is 24.3 Å². The van der Waals surface area contributed by atoms with Gasteiger partial charge in [-0.3, -0.25) is 19.2 Å². The normalized spacial score (nSPS) is 23.8. The number of halogens is 2. The van der Waals surface area contributed by atoms with E-state index in [1.807, 2.05) is 25.3 Å². The molecule has 2 aliphatic heterocycles. The topological polar surface area (TPSA) is 96.8 Å². The molecule has 3 aliphatic rings. The largest absolute Gasteiger partial charge is 0.446 e. The quantitative estimate of drug-likeness (QED) is 0.658. The van der Waals surface area contributed by atoms with Gasteiger partial charge < -0.3 is 15.0 Å². The highest BCUT2D eigenvalue weighted by molar-refractivity contribution is 6.03. The molecule has 5 rings (SSSR count). The molecule has 1 aromatic heterocycles. The minimum Gasteiger partial charge on any atom is -0.446 e. The number of ether oxygens (including phenoxy) is 1. The fourth-order valence-corrected chi connectivity index (χ4v) is 5.47. The minimum absolute atomic E-state index is 0.00337. The van der Waals surface area contributed by atoms with E-state index in [-0.39, 0.29) is 56.1 Å². The number of aromatic nitrogens is 2. The molecule has 11 heteroatoms. The van der Waals surface area contributed by atoms with Crippen LogP contribution in [0.5, 0.6) is 0 Å². The number of hydrogen-bond donors (Lipinski definition) is 1. The summed E-state index contributed by atoms with van der Waals surface area (Å²) in [6.45, 7) is 4.15. The van der Waals surface area contributed by atoms with Crippen LogP contribution in [0, 0.1) is 0 Å². The van der Waals surface area contributed by atoms with Crippen LogP contribution in [0.25, 0.3) is 11.1 Å². The lowest BCUT2D eigenvalue weighted by molar-refractivity contribution is -0.123. The second kappa shape index (κ2) is 9.75. The molecule has 2 fully saturated rings. The van der Waals surface area contributed by atoms with Crippen molar-refractivity contribution in [2.45, 2.75) is 76.5 Å². The number of alkyl halides is 2. The van der Waals surface area contributed by atoms with Crippen molar-refractivity contribution in [3.8, 4) is 11.1 Å². The molecule has 1 unspecified atom stereocenters. The lowest BCUT2D eigenvalue weighted by Crippen LogP contribution is -2.52. The molecule has 9 nitrogen and oxygen atoms in total. The first kappa shape index (κ1) is 25.2. The molecular weight excluding hydrogens is 484 g/mol. The van der Waals surface area contributed by atoms with Crippen molar-refractivity contribution >= 4 is 29.3 Å². The summed E-state index contributed by atoms with van der Waals surface area (Å²) in [5.41, 5.74) is 2.70. The van der Waals surface area contributed by atoms with Crippen LogP contribution in [-0.2, 0) is 14.3 Å². The van der Waals surface area contributed by atoms with Gasteiger partial charge in [-0.2, -0.15) is 5.10 Å². The van der Waals surface area contributed by atoms with Gasteiger partial charge >= 0.3 is 6.09 Å². The standard InChI is InChI=1S/C26H31F2N5O4/c1-16-14-31(25(36)37-21-5-8-26(27,28)9-6-21)23-11-18(3-4-22(23)33(16)17(2)34)19-13-30-32(15-19)20-7-10-29-24(35)12-20/h3-4,11,13,15-16,20-21H,5-10,12,14H2,1-2H3,(H,29,35)/t16-,20?/m0/s1. The molecule has 1 saturated heterocycles. The van der Waals surface area contributed by atoms with Crippen molar-refractivity contribution < 1.29 is 27.9 Å². The number of rotatable bonds is 3. The third kappa shape index (κ3) is 5.17. The Morgan fingerprint density at radius 1 is 1.14 bits per heavy atom. The van der Waals surface area contributed by atoms with Gasteiger partial charge in [-0.25, -0.2) is 13.6 Å². The van der Waals surface area contributed by atoms with Crippen LogP contribution in [0.3, 0.4) is 0 Å². The van der Waals surface area contributed by atoms with Crippen LogP contribution in [0.1, 0.15) is 58.4 Å². The number of nitrogens with zero attached hydrogens (tertiary/aromatic N) is 4. The van der Waals surface area contributed by atoms with Gasteiger partial charge in [-0.1, -0.05) is 6.07 Å². The highest BCUT2D eigenvalue weighted by atomic mass is 19.3. The third-order valence-electron chi connectivity index (χ3n) is 7.43. The smallest absolute Gasteiger partial charge is 0.414 e. The zero-order valence-corrected chi connectivity index (χ0v) is 21.0. The van der Waals surface area contributed by atoms with Crippen molar-refractivity contribution in [3.63, 3.8) is 0 Å². The molecule has 37 heavy (non-hydrogen) atoms. The van der Waals surface area contributed by atoms with Crippen molar-refractivity contribution in [2.24, 2.45) is 0 Å². The van der Waals surface area contributed by atoms with Crippen LogP contribution in [0.2, 0.25) is 0 Å². The average molecular weight is 516 g/mol. The van der Waals surface area contributed by atoms with Gasteiger partial charge in [0.1, 0.15) is 6.10 Å². The van der Waals surface area contributed by atoms with E-state index in [1.165, 1.54) is 11.8 Å². The number of piperidine rings is 1. The summed E-state index contributed by atoms with van der Waals surface area (Å²) < 4.78 is 34.6. The third-order valence-corrected chi connectivity index (χ3v) is 7.43. The molecular formula is C26H31F2N5O4. The number of nitrogens with one attached hydrogen (secondary N) is 1. The van der Waals surface area contributed by atoms with Gasteiger partial charge in [-0.05, 0) is 43.9 Å². The van der Waals surface area contributed by atoms with Crippen molar-refractivity contribution in [1.29, 1.82) is 0 Å². The Hall–Kier alpha value is -3.50. The Kier molecular flexibility index (Phi) is 6.63. The second-order valence-electron chi connectivity index (χ2n) is 10.2. The van der Waals surface area contributed by atoms with E-state index in [4.69, 9.17) is 4.74 Å². The fourth-order valence-electron chi connectivity index (χ4n) is 5.47. The van der Waals surface area contributed by atoms with E-state index in [0.717, 1.165) is 17.5 Å². The number of benzene rings is 1. The zero-order chi connectivity index (χ0) is 26.3. The molecule has 198 valence electrons. The molecule has 0 radical (unpaired) electrons. The number of fused-ring (bicyclic) bond motifs is 1. The number of amides is 3. The van der Waals surface area contributed by atoms with Crippen molar-refractivity contribution in [3.05, 3.63) is 30.6 Å². The summed E-state index contributed by atoms with van der Waals surface area (Å²) >= 11 is 0. The molecule has 0 spiro atoms. The SMILES string of the molecule is CC(=O)N1c2ccc(-c3cnn(C4CCNC(=O)C4)c3)cc2N(C(=O)OC2CCC(F)(F)CC2)C[C@@H]1C. The maximum atomic E-state index is 13.6. The van der Waals surface area contributed by atoms with E-state index < -0.39 is 18.1 Å². The molecule has 1 aliphatic carbocycles. The van der Waals surface area contributed by atoms with E-state index in [1.54, 1.807) is 21.8 Å². The predicted octanol–water partition coefficient (Wildman–Crippen LogP) is 4.28. The molecule has 2 aromatic rings. The lowest BCUT2D eigenvalue weighted by atomic mass is 9.94. The Morgan fingerprint density at radius 2 is 1.89 bits per heavy atom. The summed E-state index contributed by atoms with van der Waals surface area (Å²) in [7, 11) is 0. The summed E-state index contributed by atoms with van der Waals surface area (Å²) in [6, 6.07) is 5.17. The molecule has 3 heterocycles. The maximum Gasteiger partial charge on any atom is 0.414 e. The second-order valence-corrected chi connectivity index (χ2v) is 10.2. The van der Waals surface area contributed by atoms with Gasteiger partial charge in [0.25, 0.3) is 0 Å². The van der Waals surface area contributed by atoms with E-state index in [9.17, 15) is 23.2 Å². The maximum absolute atomic E-state index is 13.6. The number of hydrogen-bond acceptors (Lipinski definition) is 5. The summed E-state index contributed by atoms with van der Waals surface area (Å²) in [5, 5.41) is 7.29. The summed E-state index contributed by atoms with van der Waals surface area (Å²) in [5.74, 6) is -2.86. The highest BCUT2D eigenvalue weighted by Gasteiger charge is 2.39. The molecule has 2 atom stereocenters.